The number of fused-ring (bicyclic) bond motifs is 1. The van der Waals surface area contributed by atoms with E-state index in [-0.39, 0.29) is 28.7 Å². The molecule has 0 radical (unpaired) electrons. The molecule has 37 heavy (non-hydrogen) atoms. The predicted molar refractivity (Wildman–Crippen MR) is 131 cm³/mol. The van der Waals surface area contributed by atoms with Gasteiger partial charge in [-0.3, -0.25) is 9.36 Å². The molecule has 1 saturated heterocycles. The van der Waals surface area contributed by atoms with Crippen molar-refractivity contribution in [2.24, 2.45) is 0 Å². The standard InChI is InChI=1S/C26H29F3N6O2/c1-14(18-10-22(37-4)30-11-20(18)27)24(36)34-8-7-26(13-34)6-5-17-9-19(15(2)31-23(17)33-26)21-12-35(25(28)29)16(3)32-21/h9-12,14,25H,5-8,13H2,1-4H3,(H,31,33)/t14-,26+/m1/s1. The van der Waals surface area contributed by atoms with E-state index in [2.05, 4.69) is 15.3 Å². The van der Waals surface area contributed by atoms with Crippen molar-refractivity contribution in [3.8, 4) is 17.1 Å². The zero-order valence-corrected chi connectivity index (χ0v) is 21.2. The number of nitrogens with zero attached hydrogens (tertiary/aromatic N) is 5. The molecule has 2 aliphatic heterocycles. The van der Waals surface area contributed by atoms with Crippen LogP contribution in [0.3, 0.4) is 0 Å². The van der Waals surface area contributed by atoms with Crippen molar-refractivity contribution in [2.75, 3.05) is 25.5 Å². The van der Waals surface area contributed by atoms with Crippen LogP contribution in [-0.2, 0) is 11.2 Å². The summed E-state index contributed by atoms with van der Waals surface area (Å²) in [5.74, 6) is -0.122. The number of nitrogens with one attached hydrogen (secondary N) is 1. The Bertz CT molecular complexity index is 1360. The fourth-order valence-corrected chi connectivity index (χ4v) is 5.36. The lowest BCUT2D eigenvalue weighted by Crippen LogP contribution is -2.46. The average molecular weight is 515 g/mol. The molecule has 8 nitrogen and oxygen atoms in total. The largest absolute Gasteiger partial charge is 0.481 e. The van der Waals surface area contributed by atoms with Gasteiger partial charge in [-0.15, -0.1) is 0 Å². The number of anilines is 1. The number of hydrogen-bond donors (Lipinski definition) is 1. The Labute approximate surface area is 212 Å². The minimum atomic E-state index is -2.65. The van der Waals surface area contributed by atoms with Crippen LogP contribution in [0, 0.1) is 19.7 Å². The molecule has 0 bridgehead atoms. The van der Waals surface area contributed by atoms with Gasteiger partial charge in [0.1, 0.15) is 17.5 Å². The number of rotatable bonds is 5. The molecule has 11 heteroatoms. The van der Waals surface area contributed by atoms with Gasteiger partial charge in [0.25, 0.3) is 0 Å². The minimum absolute atomic E-state index is 0.152. The molecule has 5 heterocycles. The lowest BCUT2D eigenvalue weighted by atomic mass is 9.86. The summed E-state index contributed by atoms with van der Waals surface area (Å²) in [6.45, 7) is 3.46. The van der Waals surface area contributed by atoms with Gasteiger partial charge in [-0.05, 0) is 51.7 Å². The Balaban J connectivity index is 1.33. The molecule has 5 rings (SSSR count). The molecule has 3 aromatic heterocycles. The van der Waals surface area contributed by atoms with Gasteiger partial charge in [0.05, 0.1) is 30.5 Å². The number of halogens is 3. The third-order valence-electron chi connectivity index (χ3n) is 7.52. The molecule has 0 aliphatic carbocycles. The molecular formula is C26H29F3N6O2. The Kier molecular flexibility index (Phi) is 6.33. The number of imidazole rings is 1. The number of carbonyl (C=O) groups excluding carboxylic acids is 1. The Morgan fingerprint density at radius 3 is 2.70 bits per heavy atom. The van der Waals surface area contributed by atoms with Crippen molar-refractivity contribution >= 4 is 11.7 Å². The third kappa shape index (κ3) is 4.51. The van der Waals surface area contributed by atoms with E-state index in [0.717, 1.165) is 47.0 Å². The van der Waals surface area contributed by atoms with E-state index in [1.807, 2.05) is 13.0 Å². The molecule has 196 valence electrons. The van der Waals surface area contributed by atoms with Crippen molar-refractivity contribution in [2.45, 2.75) is 58.0 Å². The van der Waals surface area contributed by atoms with Crippen molar-refractivity contribution in [3.63, 3.8) is 0 Å². The quantitative estimate of drug-likeness (QED) is 0.534. The van der Waals surface area contributed by atoms with Crippen LogP contribution in [0.5, 0.6) is 5.88 Å². The van der Waals surface area contributed by atoms with Crippen LogP contribution in [0.4, 0.5) is 19.0 Å². The molecule has 2 aliphatic rings. The summed E-state index contributed by atoms with van der Waals surface area (Å²) in [7, 11) is 1.45. The van der Waals surface area contributed by atoms with Gasteiger partial charge >= 0.3 is 6.55 Å². The summed E-state index contributed by atoms with van der Waals surface area (Å²) in [6, 6.07) is 3.43. The first kappa shape index (κ1) is 25.0. The summed E-state index contributed by atoms with van der Waals surface area (Å²) >= 11 is 0. The fraction of sp³-hybridized carbons (Fsp3) is 0.462. The minimum Gasteiger partial charge on any atom is -0.481 e. The van der Waals surface area contributed by atoms with E-state index < -0.39 is 18.3 Å². The van der Waals surface area contributed by atoms with Gasteiger partial charge in [-0.25, -0.2) is 19.3 Å². The highest BCUT2D eigenvalue weighted by molar-refractivity contribution is 5.84. The summed E-state index contributed by atoms with van der Waals surface area (Å²) in [4.78, 5) is 28.0. The predicted octanol–water partition coefficient (Wildman–Crippen LogP) is 4.63. The van der Waals surface area contributed by atoms with Gasteiger partial charge in [-0.2, -0.15) is 8.78 Å². The second-order valence-electron chi connectivity index (χ2n) is 9.87. The topological polar surface area (TPSA) is 85.2 Å². The molecule has 0 saturated carbocycles. The van der Waals surface area contributed by atoms with E-state index in [4.69, 9.17) is 9.72 Å². The van der Waals surface area contributed by atoms with Crippen LogP contribution < -0.4 is 10.1 Å². The molecule has 1 fully saturated rings. The van der Waals surface area contributed by atoms with Crippen LogP contribution >= 0.6 is 0 Å². The zero-order chi connectivity index (χ0) is 26.5. The lowest BCUT2D eigenvalue weighted by Gasteiger charge is -2.36. The lowest BCUT2D eigenvalue weighted by molar-refractivity contribution is -0.131. The second-order valence-corrected chi connectivity index (χ2v) is 9.87. The summed E-state index contributed by atoms with van der Waals surface area (Å²) < 4.78 is 46.8. The molecule has 1 N–H and O–H groups in total. The van der Waals surface area contributed by atoms with Gasteiger partial charge < -0.3 is 15.0 Å². The van der Waals surface area contributed by atoms with Gasteiger partial charge in [0.2, 0.25) is 11.8 Å². The number of carbonyl (C=O) groups is 1. The second kappa shape index (κ2) is 9.35. The van der Waals surface area contributed by atoms with E-state index >= 15 is 0 Å². The number of amides is 1. The highest BCUT2D eigenvalue weighted by atomic mass is 19.3. The molecule has 2 atom stereocenters. The number of pyridine rings is 2. The third-order valence-corrected chi connectivity index (χ3v) is 7.52. The Hall–Kier alpha value is -3.63. The van der Waals surface area contributed by atoms with E-state index in [0.29, 0.717) is 24.5 Å². The average Bonchev–Trinajstić information content (AvgIpc) is 3.46. The van der Waals surface area contributed by atoms with E-state index in [9.17, 15) is 18.0 Å². The van der Waals surface area contributed by atoms with Gasteiger partial charge in [-0.1, -0.05) is 0 Å². The highest BCUT2D eigenvalue weighted by Crippen LogP contribution is 2.39. The number of hydrogen-bond acceptors (Lipinski definition) is 6. The number of alkyl halides is 2. The van der Waals surface area contributed by atoms with Crippen molar-refractivity contribution in [1.82, 2.24) is 24.4 Å². The van der Waals surface area contributed by atoms with Crippen LogP contribution in [0.15, 0.2) is 24.5 Å². The highest BCUT2D eigenvalue weighted by Gasteiger charge is 2.43. The number of aryl methyl sites for hydroxylation is 3. The van der Waals surface area contributed by atoms with E-state index in [1.165, 1.54) is 19.4 Å². The maximum Gasteiger partial charge on any atom is 0.319 e. The first-order chi connectivity index (χ1) is 17.6. The van der Waals surface area contributed by atoms with Crippen molar-refractivity contribution < 1.29 is 22.7 Å². The maximum atomic E-state index is 14.4. The van der Waals surface area contributed by atoms with Gasteiger partial charge in [0.15, 0.2) is 0 Å². The van der Waals surface area contributed by atoms with Crippen molar-refractivity contribution in [3.05, 3.63) is 53.0 Å². The maximum absolute atomic E-state index is 14.4. The van der Waals surface area contributed by atoms with Gasteiger partial charge in [0, 0.05) is 42.2 Å². The van der Waals surface area contributed by atoms with Crippen molar-refractivity contribution in [1.29, 1.82) is 0 Å². The summed E-state index contributed by atoms with van der Waals surface area (Å²) in [5.41, 5.74) is 2.80. The number of methoxy groups -OCH3 is 1. The van der Waals surface area contributed by atoms with Crippen LogP contribution in [0.25, 0.3) is 11.3 Å². The van der Waals surface area contributed by atoms with Crippen LogP contribution in [0.2, 0.25) is 0 Å². The first-order valence-corrected chi connectivity index (χ1v) is 12.2. The number of ether oxygens (including phenoxy) is 1. The number of aromatic nitrogens is 4. The summed E-state index contributed by atoms with van der Waals surface area (Å²) in [5, 5.41) is 3.57. The fourth-order valence-electron chi connectivity index (χ4n) is 5.36. The monoisotopic (exact) mass is 514 g/mol. The molecular weight excluding hydrogens is 485 g/mol. The van der Waals surface area contributed by atoms with Crippen LogP contribution in [0.1, 0.15) is 54.9 Å². The smallest absolute Gasteiger partial charge is 0.319 e. The number of likely N-dealkylation sites (tertiary alicyclic amines) is 1. The zero-order valence-electron chi connectivity index (χ0n) is 21.2. The molecule has 3 aromatic rings. The summed E-state index contributed by atoms with van der Waals surface area (Å²) in [6.07, 6.45) is 4.68. The normalized spacial score (nSPS) is 19.7. The molecule has 0 unspecified atom stereocenters. The first-order valence-electron chi connectivity index (χ1n) is 12.2. The Morgan fingerprint density at radius 1 is 1.22 bits per heavy atom. The SMILES string of the molecule is COc1cc([C@@H](C)C(=O)N2CC[C@@]3(CCc4cc(-c5cn(C(F)F)c(C)n5)c(C)nc4N3)C2)c(F)cn1. The van der Waals surface area contributed by atoms with E-state index in [1.54, 1.807) is 18.7 Å². The molecule has 1 amide bonds. The molecule has 1 spiro atoms. The Morgan fingerprint density at radius 2 is 2.00 bits per heavy atom. The molecule has 0 aromatic carbocycles. The van der Waals surface area contributed by atoms with Crippen LogP contribution in [-0.4, -0.2) is 56.1 Å².